The average Bonchev–Trinajstić information content (AvgIpc) is 2.65. The van der Waals surface area contributed by atoms with Gasteiger partial charge in [0.2, 0.25) is 0 Å². The lowest BCUT2D eigenvalue weighted by Gasteiger charge is -2.38. The van der Waals surface area contributed by atoms with E-state index in [0.717, 1.165) is 11.1 Å². The Hall–Kier alpha value is -1.46. The van der Waals surface area contributed by atoms with Gasteiger partial charge in [0.15, 0.2) is 0 Å². The van der Waals surface area contributed by atoms with Crippen molar-refractivity contribution in [3.05, 3.63) is 60.8 Å². The van der Waals surface area contributed by atoms with Gasteiger partial charge < -0.3 is 20.4 Å². The Labute approximate surface area is 171 Å². The molecule has 0 spiro atoms. The van der Waals surface area contributed by atoms with Crippen LogP contribution in [0.3, 0.4) is 0 Å². The van der Waals surface area contributed by atoms with Crippen molar-refractivity contribution in [2.24, 2.45) is 23.7 Å². The molecule has 0 heterocycles. The summed E-state index contributed by atoms with van der Waals surface area (Å²) in [6, 6.07) is 0. The summed E-state index contributed by atoms with van der Waals surface area (Å²) in [4.78, 5) is 0. The largest absolute Gasteiger partial charge is 0.392 e. The van der Waals surface area contributed by atoms with Crippen LogP contribution in [0.2, 0.25) is 0 Å². The fourth-order valence-corrected chi connectivity index (χ4v) is 3.88. The first-order chi connectivity index (χ1) is 12.6. The molecule has 4 N–H and O–H groups in total. The second-order valence-electron chi connectivity index (χ2n) is 7.85. The van der Waals surface area contributed by atoms with Crippen LogP contribution in [0.15, 0.2) is 60.8 Å². The molecule has 4 nitrogen and oxygen atoms in total. The predicted molar refractivity (Wildman–Crippen MR) is 118 cm³/mol. The van der Waals surface area contributed by atoms with E-state index in [2.05, 4.69) is 19.7 Å². The number of rotatable bonds is 2. The van der Waals surface area contributed by atoms with Gasteiger partial charge in [-0.2, -0.15) is 0 Å². The summed E-state index contributed by atoms with van der Waals surface area (Å²) in [6.07, 6.45) is 5.72. The van der Waals surface area contributed by atoms with Gasteiger partial charge in [0.25, 0.3) is 0 Å². The Morgan fingerprint density at radius 2 is 1.32 bits per heavy atom. The van der Waals surface area contributed by atoms with Crippen molar-refractivity contribution in [1.29, 1.82) is 0 Å². The number of aliphatic hydroxyl groups is 4. The van der Waals surface area contributed by atoms with Gasteiger partial charge in [-0.15, -0.1) is 0 Å². The molecule has 0 amide bonds. The first kappa shape index (κ1) is 26.5. The summed E-state index contributed by atoms with van der Waals surface area (Å²) in [7, 11) is 0. The molecule has 2 aliphatic carbocycles. The van der Waals surface area contributed by atoms with Crippen molar-refractivity contribution in [3.8, 4) is 0 Å². The zero-order chi connectivity index (χ0) is 20.9. The Kier molecular flexibility index (Phi) is 10.9. The van der Waals surface area contributed by atoms with Crippen LogP contribution in [0.1, 0.15) is 41.5 Å². The van der Waals surface area contributed by atoms with Crippen LogP contribution < -0.4 is 0 Å². The molecule has 160 valence electrons. The molecule has 2 saturated carbocycles. The van der Waals surface area contributed by atoms with Gasteiger partial charge in [-0.25, -0.2) is 0 Å². The summed E-state index contributed by atoms with van der Waals surface area (Å²) in [5, 5.41) is 39.1. The standard InChI is InChI=1S/C12H18O2.C11H18O2.CH4/c1-5-6-10-7(2)11(13)9(4)12(14)8(10)3;1-4-5-9-6-10(12)8(3)11(13)7(9)2;/h5-6,8-9,11-14H,1-2H2,3-4H3;4-5,7-8,10-13H,1,6H2,2-3H3;1H4/b10-6-;9-5-;/t8-,9+,11+,12+;7-,8+,10+,11+;/m00./s1. The van der Waals surface area contributed by atoms with Crippen LogP contribution in [0.4, 0.5) is 0 Å². The minimum Gasteiger partial charge on any atom is -0.392 e. The van der Waals surface area contributed by atoms with E-state index in [0.29, 0.717) is 12.0 Å². The van der Waals surface area contributed by atoms with Crippen LogP contribution in [0.25, 0.3) is 0 Å². The molecule has 0 radical (unpaired) electrons. The van der Waals surface area contributed by atoms with Crippen molar-refractivity contribution in [3.63, 3.8) is 0 Å². The highest BCUT2D eigenvalue weighted by Crippen LogP contribution is 2.36. The van der Waals surface area contributed by atoms with E-state index in [1.54, 1.807) is 12.2 Å². The molecule has 0 aliphatic heterocycles. The highest BCUT2D eigenvalue weighted by atomic mass is 16.3. The van der Waals surface area contributed by atoms with Crippen molar-refractivity contribution in [2.75, 3.05) is 0 Å². The molecule has 0 unspecified atom stereocenters. The molecule has 2 fully saturated rings. The van der Waals surface area contributed by atoms with Crippen molar-refractivity contribution < 1.29 is 20.4 Å². The van der Waals surface area contributed by atoms with E-state index < -0.39 is 24.4 Å². The lowest BCUT2D eigenvalue weighted by Crippen LogP contribution is -2.41. The van der Waals surface area contributed by atoms with Crippen molar-refractivity contribution >= 4 is 0 Å². The average molecular weight is 393 g/mol. The van der Waals surface area contributed by atoms with Gasteiger partial charge in [-0.3, -0.25) is 0 Å². The van der Waals surface area contributed by atoms with E-state index in [-0.39, 0.29) is 31.1 Å². The maximum absolute atomic E-state index is 9.86. The Bertz CT molecular complexity index is 604. The summed E-state index contributed by atoms with van der Waals surface area (Å²) < 4.78 is 0. The number of hydrogen-bond acceptors (Lipinski definition) is 4. The third kappa shape index (κ3) is 5.77. The second kappa shape index (κ2) is 11.5. The predicted octanol–water partition coefficient (Wildman–Crippen LogP) is 3.80. The number of aliphatic hydroxyl groups excluding tert-OH is 4. The van der Waals surface area contributed by atoms with Crippen molar-refractivity contribution in [1.82, 2.24) is 0 Å². The van der Waals surface area contributed by atoms with Crippen LogP contribution in [-0.4, -0.2) is 44.8 Å². The van der Waals surface area contributed by atoms with Gasteiger partial charge in [-0.05, 0) is 17.6 Å². The third-order valence-corrected chi connectivity index (χ3v) is 6.08. The SMILES string of the molecule is C.C=C/C=C1/C(=C)[C@@H](O)[C@@H](C)[C@H](O)[C@H]1C.C=C/C=C1/C[C@@H](O)[C@@H](C)[C@H](O)[C@H]1C. The van der Waals surface area contributed by atoms with Gasteiger partial charge in [0, 0.05) is 23.7 Å². The van der Waals surface area contributed by atoms with E-state index in [1.165, 1.54) is 0 Å². The number of hydrogen-bond donors (Lipinski definition) is 4. The zero-order valence-electron chi connectivity index (χ0n) is 17.0. The van der Waals surface area contributed by atoms with E-state index >= 15 is 0 Å². The molecule has 8 atom stereocenters. The smallest absolute Gasteiger partial charge is 0.0837 e. The van der Waals surface area contributed by atoms with E-state index in [4.69, 9.17) is 0 Å². The normalized spacial score (nSPS) is 40.9. The van der Waals surface area contributed by atoms with Crippen LogP contribution in [0, 0.1) is 23.7 Å². The second-order valence-corrected chi connectivity index (χ2v) is 7.85. The monoisotopic (exact) mass is 392 g/mol. The lowest BCUT2D eigenvalue weighted by atomic mass is 9.73. The summed E-state index contributed by atoms with van der Waals surface area (Å²) in [6.45, 7) is 18.7. The highest BCUT2D eigenvalue weighted by molar-refractivity contribution is 5.39. The van der Waals surface area contributed by atoms with Gasteiger partial charge in [0.1, 0.15) is 0 Å². The fourth-order valence-electron chi connectivity index (χ4n) is 3.88. The molecule has 0 aromatic carbocycles. The summed E-state index contributed by atoms with van der Waals surface area (Å²) >= 11 is 0. The van der Waals surface area contributed by atoms with Gasteiger partial charge in [0.05, 0.1) is 24.4 Å². The molecule has 0 aromatic rings. The molecule has 0 saturated heterocycles. The topological polar surface area (TPSA) is 80.9 Å². The van der Waals surface area contributed by atoms with Gasteiger partial charge in [-0.1, -0.05) is 84.7 Å². The molecular formula is C24H40O4. The van der Waals surface area contributed by atoms with Crippen LogP contribution in [0.5, 0.6) is 0 Å². The minimum absolute atomic E-state index is 0. The van der Waals surface area contributed by atoms with E-state index in [1.807, 2.05) is 39.8 Å². The first-order valence-electron chi connectivity index (χ1n) is 9.63. The molecule has 2 aliphatic rings. The summed E-state index contributed by atoms with van der Waals surface area (Å²) in [5.74, 6) is -0.0354. The maximum atomic E-state index is 9.86. The van der Waals surface area contributed by atoms with Crippen LogP contribution in [-0.2, 0) is 0 Å². The minimum atomic E-state index is -0.646. The quantitative estimate of drug-likeness (QED) is 0.576. The maximum Gasteiger partial charge on any atom is 0.0837 e. The molecule has 28 heavy (non-hydrogen) atoms. The molecule has 2 rings (SSSR count). The third-order valence-electron chi connectivity index (χ3n) is 6.08. The molecular weight excluding hydrogens is 352 g/mol. The summed E-state index contributed by atoms with van der Waals surface area (Å²) in [5.41, 5.74) is 2.70. The molecule has 0 bridgehead atoms. The fraction of sp³-hybridized carbons (Fsp3) is 0.583. The van der Waals surface area contributed by atoms with Crippen molar-refractivity contribution in [2.45, 2.75) is 66.0 Å². The van der Waals surface area contributed by atoms with Crippen LogP contribution >= 0.6 is 0 Å². The lowest BCUT2D eigenvalue weighted by molar-refractivity contribution is -0.0208. The Morgan fingerprint density at radius 1 is 0.821 bits per heavy atom. The zero-order valence-corrected chi connectivity index (χ0v) is 17.0. The first-order valence-corrected chi connectivity index (χ1v) is 9.63. The molecule has 4 heteroatoms. The number of allylic oxidation sites excluding steroid dienone is 4. The van der Waals surface area contributed by atoms with E-state index in [9.17, 15) is 20.4 Å². The highest BCUT2D eigenvalue weighted by Gasteiger charge is 2.37. The Morgan fingerprint density at radius 3 is 1.82 bits per heavy atom. The van der Waals surface area contributed by atoms with Gasteiger partial charge >= 0.3 is 0 Å². The molecule has 0 aromatic heterocycles. The Balaban J connectivity index is 0.000000504.